The van der Waals surface area contributed by atoms with Crippen LogP contribution in [-0.4, -0.2) is 23.3 Å². The highest BCUT2D eigenvalue weighted by Gasteiger charge is 2.14. The van der Waals surface area contributed by atoms with Gasteiger partial charge in [0.25, 0.3) is 0 Å². The Morgan fingerprint density at radius 1 is 1.71 bits per heavy atom. The summed E-state index contributed by atoms with van der Waals surface area (Å²) in [4.78, 5) is 15.7. The van der Waals surface area contributed by atoms with E-state index in [-0.39, 0.29) is 0 Å². The molecule has 0 N–H and O–H groups in total. The minimum absolute atomic E-state index is 0.393. The lowest BCUT2D eigenvalue weighted by atomic mass is 10.5. The molecule has 1 atom stereocenters. The van der Waals surface area contributed by atoms with E-state index in [0.29, 0.717) is 17.1 Å². The first kappa shape index (κ1) is 12.8. The molecule has 5 nitrogen and oxygen atoms in total. The van der Waals surface area contributed by atoms with E-state index in [1.165, 1.54) is 15.9 Å². The van der Waals surface area contributed by atoms with Gasteiger partial charge in [0.1, 0.15) is 5.47 Å². The van der Waals surface area contributed by atoms with Gasteiger partial charge in [0.05, 0.1) is 5.88 Å². The largest absolute Gasteiger partial charge is 0.421 e. The summed E-state index contributed by atoms with van der Waals surface area (Å²) in [6.07, 6.45) is 1.62. The molecule has 0 amide bonds. The molecule has 8 heteroatoms. The summed E-state index contributed by atoms with van der Waals surface area (Å²) in [5.41, 5.74) is -0.867. The van der Waals surface area contributed by atoms with Crippen molar-refractivity contribution in [1.29, 1.82) is 0 Å². The van der Waals surface area contributed by atoms with Crippen LogP contribution in [0.1, 0.15) is 0 Å². The molecule has 2 rings (SSSR count). The van der Waals surface area contributed by atoms with E-state index >= 15 is 0 Å². The maximum Gasteiger partial charge on any atom is 0.421 e. The quantitative estimate of drug-likeness (QED) is 0.805. The highest BCUT2D eigenvalue weighted by Crippen LogP contribution is 2.56. The van der Waals surface area contributed by atoms with Gasteiger partial charge in [-0.25, -0.2) is 14.3 Å². The SMILES string of the molecule is COP(C)(=S)SCn1c(=O)oc2cccnc21. The van der Waals surface area contributed by atoms with Crippen molar-refractivity contribution in [2.75, 3.05) is 13.8 Å². The fourth-order valence-electron chi connectivity index (χ4n) is 1.23. The number of hydrogen-bond donors (Lipinski definition) is 0. The van der Waals surface area contributed by atoms with Crippen molar-refractivity contribution in [1.82, 2.24) is 9.55 Å². The molecule has 92 valence electrons. The molecule has 0 aliphatic carbocycles. The summed E-state index contributed by atoms with van der Waals surface area (Å²) in [5.74, 6) is -0.0258. The Hall–Kier alpha value is -0.620. The number of rotatable bonds is 4. The maximum atomic E-state index is 11.6. The summed E-state index contributed by atoms with van der Waals surface area (Å²) in [6.45, 7) is 1.87. The van der Waals surface area contributed by atoms with Crippen molar-refractivity contribution in [3.8, 4) is 0 Å². The third-order valence-corrected chi connectivity index (χ3v) is 7.28. The standard InChI is InChI=1S/C9H11N2O3PS2/c1-13-15(2,16)17-6-11-8-7(14-9(11)12)4-3-5-10-8/h3-5H,6H2,1-2H3. The van der Waals surface area contributed by atoms with Crippen LogP contribution in [0.5, 0.6) is 0 Å². The van der Waals surface area contributed by atoms with Gasteiger partial charge in [0.15, 0.2) is 11.2 Å². The molecule has 0 aliphatic rings. The molecular formula is C9H11N2O3PS2. The lowest BCUT2D eigenvalue weighted by Gasteiger charge is -2.12. The summed E-state index contributed by atoms with van der Waals surface area (Å²) in [5, 5.41) is 0. The highest BCUT2D eigenvalue weighted by molar-refractivity contribution is 8.68. The van der Waals surface area contributed by atoms with Crippen LogP contribution in [-0.2, 0) is 22.2 Å². The van der Waals surface area contributed by atoms with E-state index in [0.717, 1.165) is 0 Å². The molecule has 0 aromatic carbocycles. The number of pyridine rings is 1. The normalized spacial score (nSPS) is 14.9. The monoisotopic (exact) mass is 290 g/mol. The average Bonchev–Trinajstić information content (AvgIpc) is 2.62. The van der Waals surface area contributed by atoms with E-state index in [1.807, 2.05) is 6.66 Å². The molecule has 2 heterocycles. The number of oxazole rings is 1. The second-order valence-corrected chi connectivity index (χ2v) is 11.4. The van der Waals surface area contributed by atoms with Crippen molar-refractivity contribution < 1.29 is 8.94 Å². The summed E-state index contributed by atoms with van der Waals surface area (Å²) >= 11 is 6.70. The molecule has 17 heavy (non-hydrogen) atoms. The van der Waals surface area contributed by atoms with Crippen molar-refractivity contribution in [2.45, 2.75) is 5.88 Å². The van der Waals surface area contributed by atoms with Gasteiger partial charge >= 0.3 is 5.76 Å². The van der Waals surface area contributed by atoms with E-state index in [2.05, 4.69) is 4.98 Å². The van der Waals surface area contributed by atoms with Gasteiger partial charge in [0, 0.05) is 13.3 Å². The zero-order chi connectivity index (χ0) is 12.5. The van der Waals surface area contributed by atoms with Gasteiger partial charge in [-0.3, -0.25) is 0 Å². The zero-order valence-corrected chi connectivity index (χ0v) is 11.8. The van der Waals surface area contributed by atoms with E-state index in [1.54, 1.807) is 25.4 Å². The number of hydrogen-bond acceptors (Lipinski definition) is 6. The van der Waals surface area contributed by atoms with Crippen LogP contribution >= 0.6 is 16.8 Å². The topological polar surface area (TPSA) is 57.3 Å². The van der Waals surface area contributed by atoms with E-state index in [4.69, 9.17) is 20.7 Å². The second-order valence-electron chi connectivity index (χ2n) is 3.33. The molecular weight excluding hydrogens is 279 g/mol. The Balaban J connectivity index is 2.33. The first-order valence-electron chi connectivity index (χ1n) is 4.75. The lowest BCUT2D eigenvalue weighted by molar-refractivity contribution is 0.473. The summed E-state index contributed by atoms with van der Waals surface area (Å²) in [6, 6.07) is 3.44. The number of fused-ring (bicyclic) bond motifs is 1. The first-order valence-corrected chi connectivity index (χ1v) is 9.51. The molecule has 0 spiro atoms. The van der Waals surface area contributed by atoms with Crippen LogP contribution in [0.2, 0.25) is 0 Å². The van der Waals surface area contributed by atoms with Crippen molar-refractivity contribution in [2.24, 2.45) is 0 Å². The van der Waals surface area contributed by atoms with Crippen LogP contribution in [0.4, 0.5) is 0 Å². The molecule has 2 aromatic rings. The van der Waals surface area contributed by atoms with Crippen molar-refractivity contribution >= 4 is 39.9 Å². The molecule has 0 fully saturated rings. The predicted molar refractivity (Wildman–Crippen MR) is 73.1 cm³/mol. The van der Waals surface area contributed by atoms with E-state index < -0.39 is 11.2 Å². The predicted octanol–water partition coefficient (Wildman–Crippen LogP) is 2.27. The molecule has 0 bridgehead atoms. The van der Waals surface area contributed by atoms with Gasteiger partial charge < -0.3 is 8.94 Å². The fourth-order valence-corrected chi connectivity index (χ4v) is 3.60. The minimum atomic E-state index is -1.89. The van der Waals surface area contributed by atoms with Crippen LogP contribution in [0.3, 0.4) is 0 Å². The second kappa shape index (κ2) is 4.94. The Morgan fingerprint density at radius 2 is 2.47 bits per heavy atom. The summed E-state index contributed by atoms with van der Waals surface area (Å²) in [7, 11) is 1.59. The molecule has 1 unspecified atom stereocenters. The zero-order valence-electron chi connectivity index (χ0n) is 9.32. The Labute approximate surface area is 107 Å². The van der Waals surface area contributed by atoms with Gasteiger partial charge in [-0.15, -0.1) is 0 Å². The molecule has 0 saturated heterocycles. The molecule has 0 aliphatic heterocycles. The Morgan fingerprint density at radius 3 is 3.18 bits per heavy atom. The Kier molecular flexibility index (Phi) is 3.73. The first-order chi connectivity index (χ1) is 8.03. The summed E-state index contributed by atoms with van der Waals surface area (Å²) < 4.78 is 11.7. The third-order valence-electron chi connectivity index (χ3n) is 2.18. The van der Waals surface area contributed by atoms with Gasteiger partial charge in [0.2, 0.25) is 0 Å². The average molecular weight is 290 g/mol. The van der Waals surface area contributed by atoms with Gasteiger partial charge in [-0.05, 0) is 18.8 Å². The van der Waals surface area contributed by atoms with E-state index in [9.17, 15) is 4.79 Å². The lowest BCUT2D eigenvalue weighted by Crippen LogP contribution is -2.12. The third kappa shape index (κ3) is 2.80. The van der Waals surface area contributed by atoms with Crippen LogP contribution < -0.4 is 5.76 Å². The minimum Gasteiger partial charge on any atom is -0.406 e. The molecule has 0 radical (unpaired) electrons. The fraction of sp³-hybridized carbons (Fsp3) is 0.333. The van der Waals surface area contributed by atoms with Crippen LogP contribution in [0.15, 0.2) is 27.5 Å². The van der Waals surface area contributed by atoms with Gasteiger partial charge in [-0.1, -0.05) is 23.2 Å². The van der Waals surface area contributed by atoms with Crippen molar-refractivity contribution in [3.63, 3.8) is 0 Å². The smallest absolute Gasteiger partial charge is 0.406 e. The number of nitrogens with zero attached hydrogens (tertiary/aromatic N) is 2. The van der Waals surface area contributed by atoms with Gasteiger partial charge in [-0.2, -0.15) is 0 Å². The van der Waals surface area contributed by atoms with Crippen molar-refractivity contribution in [3.05, 3.63) is 28.9 Å². The van der Waals surface area contributed by atoms with Crippen LogP contribution in [0, 0.1) is 0 Å². The molecule has 2 aromatic heterocycles. The van der Waals surface area contributed by atoms with Crippen LogP contribution in [0.25, 0.3) is 11.2 Å². The highest BCUT2D eigenvalue weighted by atomic mass is 32.9. The Bertz CT molecular complexity index is 636. The number of aromatic nitrogens is 2. The maximum absolute atomic E-state index is 11.6. The molecule has 0 saturated carbocycles.